The highest BCUT2D eigenvalue weighted by Gasteiger charge is 2.38. The molecule has 20 heavy (non-hydrogen) atoms. The predicted molar refractivity (Wildman–Crippen MR) is 84.0 cm³/mol. The van der Waals surface area contributed by atoms with Crippen LogP contribution in [0.4, 0.5) is 0 Å². The smallest absolute Gasteiger partial charge is 0.0589 e. The maximum atomic E-state index is 6.27. The van der Waals surface area contributed by atoms with E-state index >= 15 is 0 Å². The van der Waals surface area contributed by atoms with Gasteiger partial charge >= 0.3 is 0 Å². The normalized spacial score (nSPS) is 26.9. The Morgan fingerprint density at radius 1 is 1.45 bits per heavy atom. The van der Waals surface area contributed by atoms with Gasteiger partial charge in [0.05, 0.1) is 6.10 Å². The summed E-state index contributed by atoms with van der Waals surface area (Å²) >= 11 is 6.27. The third-order valence-corrected chi connectivity index (χ3v) is 5.03. The van der Waals surface area contributed by atoms with E-state index in [2.05, 4.69) is 18.0 Å². The molecule has 1 aliphatic rings. The summed E-state index contributed by atoms with van der Waals surface area (Å²) in [7, 11) is 3.94. The summed E-state index contributed by atoms with van der Waals surface area (Å²) < 4.78 is 5.56. The zero-order valence-electron chi connectivity index (χ0n) is 12.4. The van der Waals surface area contributed by atoms with Gasteiger partial charge in [-0.2, -0.15) is 0 Å². The summed E-state index contributed by atoms with van der Waals surface area (Å²) in [5.74, 6) is 0. The van der Waals surface area contributed by atoms with E-state index in [4.69, 9.17) is 22.1 Å². The molecule has 0 saturated heterocycles. The van der Waals surface area contributed by atoms with Gasteiger partial charge in [0.25, 0.3) is 0 Å². The Bertz CT molecular complexity index is 440. The van der Waals surface area contributed by atoms with Crippen molar-refractivity contribution in [3.8, 4) is 0 Å². The van der Waals surface area contributed by atoms with Gasteiger partial charge in [0.1, 0.15) is 0 Å². The van der Waals surface area contributed by atoms with E-state index in [-0.39, 0.29) is 5.54 Å². The lowest BCUT2D eigenvalue weighted by molar-refractivity contribution is -0.0148. The molecule has 0 aromatic heterocycles. The number of benzene rings is 1. The van der Waals surface area contributed by atoms with Gasteiger partial charge in [0.2, 0.25) is 0 Å². The molecule has 2 rings (SSSR count). The standard InChI is InChI=1S/C16H25ClN2O/c1-19(11-13-6-3-4-8-15(13)17)16(12-18)9-5-7-14(10-16)20-2/h3-4,6,8,14H,5,7,9-12,18H2,1-2H3. The summed E-state index contributed by atoms with van der Waals surface area (Å²) in [6.07, 6.45) is 4.76. The fourth-order valence-electron chi connectivity index (χ4n) is 3.23. The predicted octanol–water partition coefficient (Wildman–Crippen LogP) is 3.06. The van der Waals surface area contributed by atoms with Crippen molar-refractivity contribution in [1.82, 2.24) is 4.90 Å². The molecule has 0 aliphatic heterocycles. The van der Waals surface area contributed by atoms with Crippen molar-refractivity contribution in [3.63, 3.8) is 0 Å². The van der Waals surface area contributed by atoms with Crippen molar-refractivity contribution in [3.05, 3.63) is 34.9 Å². The first-order valence-electron chi connectivity index (χ1n) is 7.29. The molecule has 0 bridgehead atoms. The number of likely N-dealkylation sites (N-methyl/N-ethyl adjacent to an activating group) is 1. The second-order valence-electron chi connectivity index (χ2n) is 5.83. The Kier molecular flexibility index (Phi) is 5.44. The Hall–Kier alpha value is -0.610. The van der Waals surface area contributed by atoms with Gasteiger partial charge in [-0.25, -0.2) is 0 Å². The number of halogens is 1. The molecule has 4 heteroatoms. The van der Waals surface area contributed by atoms with Gasteiger partial charge in [0, 0.05) is 30.8 Å². The van der Waals surface area contributed by atoms with Crippen molar-refractivity contribution < 1.29 is 4.74 Å². The van der Waals surface area contributed by atoms with E-state index in [1.165, 1.54) is 6.42 Å². The molecule has 112 valence electrons. The van der Waals surface area contributed by atoms with Crippen LogP contribution in [0.1, 0.15) is 31.2 Å². The third-order valence-electron chi connectivity index (χ3n) is 4.66. The van der Waals surface area contributed by atoms with Gasteiger partial charge in [0.15, 0.2) is 0 Å². The molecule has 0 spiro atoms. The molecule has 0 radical (unpaired) electrons. The second-order valence-corrected chi connectivity index (χ2v) is 6.24. The summed E-state index contributed by atoms with van der Waals surface area (Å²) in [5.41, 5.74) is 7.30. The van der Waals surface area contributed by atoms with Crippen molar-refractivity contribution in [2.75, 3.05) is 20.7 Å². The Morgan fingerprint density at radius 2 is 2.20 bits per heavy atom. The largest absolute Gasteiger partial charge is 0.381 e. The SMILES string of the molecule is COC1CCCC(CN)(N(C)Cc2ccccc2Cl)C1. The Balaban J connectivity index is 2.12. The fourth-order valence-corrected chi connectivity index (χ4v) is 3.42. The molecule has 1 saturated carbocycles. The van der Waals surface area contributed by atoms with Crippen LogP contribution in [0.3, 0.4) is 0 Å². The van der Waals surface area contributed by atoms with E-state index in [0.29, 0.717) is 12.6 Å². The summed E-state index contributed by atoms with van der Waals surface area (Å²) in [6, 6.07) is 8.02. The van der Waals surface area contributed by atoms with Gasteiger partial charge in [-0.1, -0.05) is 29.8 Å². The minimum atomic E-state index is 0.0259. The van der Waals surface area contributed by atoms with E-state index in [1.807, 2.05) is 18.2 Å². The number of nitrogens with two attached hydrogens (primary N) is 1. The van der Waals surface area contributed by atoms with E-state index in [0.717, 1.165) is 36.4 Å². The minimum absolute atomic E-state index is 0.0259. The number of rotatable bonds is 5. The quantitative estimate of drug-likeness (QED) is 0.907. The average Bonchev–Trinajstić information content (AvgIpc) is 2.49. The number of ether oxygens (including phenoxy) is 1. The lowest BCUT2D eigenvalue weighted by Crippen LogP contribution is -2.55. The van der Waals surface area contributed by atoms with E-state index < -0.39 is 0 Å². The van der Waals surface area contributed by atoms with Gasteiger partial charge < -0.3 is 10.5 Å². The van der Waals surface area contributed by atoms with Gasteiger partial charge in [-0.15, -0.1) is 0 Å². The zero-order valence-corrected chi connectivity index (χ0v) is 13.2. The third kappa shape index (κ3) is 3.34. The molecule has 2 N–H and O–H groups in total. The van der Waals surface area contributed by atoms with Crippen LogP contribution < -0.4 is 5.73 Å². The topological polar surface area (TPSA) is 38.5 Å². The maximum absolute atomic E-state index is 6.27. The summed E-state index contributed by atoms with van der Waals surface area (Å²) in [6.45, 7) is 1.49. The average molecular weight is 297 g/mol. The van der Waals surface area contributed by atoms with Crippen molar-refractivity contribution in [2.24, 2.45) is 5.73 Å². The van der Waals surface area contributed by atoms with Gasteiger partial charge in [-0.05, 0) is 44.4 Å². The van der Waals surface area contributed by atoms with Crippen LogP contribution in [0.15, 0.2) is 24.3 Å². The first-order valence-corrected chi connectivity index (χ1v) is 7.66. The van der Waals surface area contributed by atoms with Crippen LogP contribution in [-0.2, 0) is 11.3 Å². The lowest BCUT2D eigenvalue weighted by Gasteiger charge is -2.46. The van der Waals surface area contributed by atoms with Crippen LogP contribution in [0.2, 0.25) is 5.02 Å². The molecule has 1 aliphatic carbocycles. The molecule has 2 atom stereocenters. The molecule has 3 nitrogen and oxygen atoms in total. The monoisotopic (exact) mass is 296 g/mol. The van der Waals surface area contributed by atoms with Crippen molar-refractivity contribution >= 4 is 11.6 Å². The van der Waals surface area contributed by atoms with Crippen LogP contribution in [-0.4, -0.2) is 37.2 Å². The molecular formula is C16H25ClN2O. The fraction of sp³-hybridized carbons (Fsp3) is 0.625. The van der Waals surface area contributed by atoms with Crippen molar-refractivity contribution in [2.45, 2.75) is 43.9 Å². The summed E-state index contributed by atoms with van der Waals surface area (Å²) in [4.78, 5) is 2.36. The lowest BCUT2D eigenvalue weighted by atomic mass is 9.78. The Morgan fingerprint density at radius 3 is 2.85 bits per heavy atom. The van der Waals surface area contributed by atoms with Crippen LogP contribution in [0, 0.1) is 0 Å². The zero-order chi connectivity index (χ0) is 14.6. The highest BCUT2D eigenvalue weighted by atomic mass is 35.5. The minimum Gasteiger partial charge on any atom is -0.381 e. The van der Waals surface area contributed by atoms with Crippen LogP contribution >= 0.6 is 11.6 Å². The summed E-state index contributed by atoms with van der Waals surface area (Å²) in [5, 5.41) is 0.825. The second kappa shape index (κ2) is 6.90. The molecule has 0 amide bonds. The van der Waals surface area contributed by atoms with Crippen LogP contribution in [0.5, 0.6) is 0 Å². The molecule has 0 heterocycles. The number of methoxy groups -OCH3 is 1. The first kappa shape index (κ1) is 15.8. The molecule has 2 unspecified atom stereocenters. The molecule has 1 aromatic rings. The number of hydrogen-bond acceptors (Lipinski definition) is 3. The maximum Gasteiger partial charge on any atom is 0.0589 e. The van der Waals surface area contributed by atoms with E-state index in [1.54, 1.807) is 7.11 Å². The highest BCUT2D eigenvalue weighted by Crippen LogP contribution is 2.35. The first-order chi connectivity index (χ1) is 9.61. The highest BCUT2D eigenvalue weighted by molar-refractivity contribution is 6.31. The molecular weight excluding hydrogens is 272 g/mol. The van der Waals surface area contributed by atoms with Gasteiger partial charge in [-0.3, -0.25) is 4.90 Å². The van der Waals surface area contributed by atoms with E-state index in [9.17, 15) is 0 Å². The molecule has 1 fully saturated rings. The number of nitrogens with zero attached hydrogens (tertiary/aromatic N) is 1. The number of hydrogen-bond donors (Lipinski definition) is 1. The molecule has 1 aromatic carbocycles. The Labute approximate surface area is 127 Å². The van der Waals surface area contributed by atoms with Crippen molar-refractivity contribution in [1.29, 1.82) is 0 Å². The van der Waals surface area contributed by atoms with Crippen LogP contribution in [0.25, 0.3) is 0 Å².